The summed E-state index contributed by atoms with van der Waals surface area (Å²) in [6.45, 7) is 1.33. The van der Waals surface area contributed by atoms with Crippen molar-refractivity contribution in [1.82, 2.24) is 25.1 Å². The van der Waals surface area contributed by atoms with Gasteiger partial charge in [0.2, 0.25) is 11.8 Å². The molecule has 8 rings (SSSR count). The number of nitrogens with one attached hydrogen (secondary N) is 1. The van der Waals surface area contributed by atoms with Crippen molar-refractivity contribution in [2.75, 3.05) is 26.7 Å². The Balaban J connectivity index is 1.07. The molecular formula is C38H36N6O5. The highest BCUT2D eigenvalue weighted by Gasteiger charge is 2.55. The Morgan fingerprint density at radius 2 is 1.80 bits per heavy atom. The summed E-state index contributed by atoms with van der Waals surface area (Å²) < 4.78 is 16.9. The lowest BCUT2D eigenvalue weighted by Crippen LogP contribution is -2.65. The molecule has 0 spiro atoms. The molecule has 1 aromatic heterocycles. The first-order valence-electron chi connectivity index (χ1n) is 16.5. The van der Waals surface area contributed by atoms with Crippen molar-refractivity contribution in [2.24, 2.45) is 0 Å². The van der Waals surface area contributed by atoms with Gasteiger partial charge in [-0.3, -0.25) is 14.9 Å². The van der Waals surface area contributed by atoms with Gasteiger partial charge in [-0.15, -0.1) is 0 Å². The van der Waals surface area contributed by atoms with Gasteiger partial charge in [-0.25, -0.2) is 5.01 Å². The van der Waals surface area contributed by atoms with Crippen LogP contribution >= 0.6 is 0 Å². The van der Waals surface area contributed by atoms with Crippen molar-refractivity contribution in [3.8, 4) is 11.8 Å². The maximum Gasteiger partial charge on any atom is 0.246 e. The maximum absolute atomic E-state index is 14.4. The molecule has 1 N–H and O–H groups in total. The van der Waals surface area contributed by atoms with E-state index in [1.165, 1.54) is 0 Å². The number of methoxy groups -OCH3 is 1. The number of nitriles is 1. The molecule has 2 amide bonds. The average molecular weight is 657 g/mol. The number of furan rings is 1. The van der Waals surface area contributed by atoms with Gasteiger partial charge >= 0.3 is 0 Å². The van der Waals surface area contributed by atoms with Crippen molar-refractivity contribution in [2.45, 2.75) is 44.2 Å². The van der Waals surface area contributed by atoms with E-state index >= 15 is 0 Å². The number of hydrogen-bond donors (Lipinski definition) is 1. The van der Waals surface area contributed by atoms with E-state index in [1.54, 1.807) is 18.3 Å². The molecule has 0 aliphatic carbocycles. The van der Waals surface area contributed by atoms with Crippen molar-refractivity contribution >= 4 is 33.6 Å². The molecule has 3 fully saturated rings. The van der Waals surface area contributed by atoms with E-state index in [2.05, 4.69) is 35.7 Å². The third-order valence-corrected chi connectivity index (χ3v) is 9.74. The molecule has 3 aliphatic heterocycles. The normalized spacial score (nSPS) is 22.2. The maximum atomic E-state index is 14.4. The van der Waals surface area contributed by atoms with E-state index in [9.17, 15) is 14.9 Å². The molecule has 11 heteroatoms. The van der Waals surface area contributed by atoms with Crippen LogP contribution in [0.4, 0.5) is 0 Å². The Morgan fingerprint density at radius 1 is 0.980 bits per heavy atom. The van der Waals surface area contributed by atoms with Gasteiger partial charge in [0.15, 0.2) is 12.5 Å². The number of nitrogens with zero attached hydrogens (tertiary/aromatic N) is 5. The smallest absolute Gasteiger partial charge is 0.246 e. The van der Waals surface area contributed by atoms with Crippen LogP contribution in [0.3, 0.4) is 0 Å². The number of fused-ring (bicyclic) bond motifs is 3. The van der Waals surface area contributed by atoms with Gasteiger partial charge in [0.1, 0.15) is 30.1 Å². The van der Waals surface area contributed by atoms with Gasteiger partial charge in [0.05, 0.1) is 32.5 Å². The Kier molecular flexibility index (Phi) is 8.23. The summed E-state index contributed by atoms with van der Waals surface area (Å²) in [4.78, 5) is 31.9. The van der Waals surface area contributed by atoms with Crippen LogP contribution in [0.2, 0.25) is 0 Å². The fourth-order valence-corrected chi connectivity index (χ4v) is 7.25. The van der Waals surface area contributed by atoms with E-state index < -0.39 is 18.4 Å². The molecule has 4 heterocycles. The van der Waals surface area contributed by atoms with Crippen molar-refractivity contribution in [1.29, 1.82) is 5.26 Å². The molecular weight excluding hydrogens is 620 g/mol. The molecule has 248 valence electrons. The molecule has 49 heavy (non-hydrogen) atoms. The number of hydrogen-bond acceptors (Lipinski definition) is 9. The number of epoxide rings is 1. The highest BCUT2D eigenvalue weighted by Crippen LogP contribution is 2.35. The molecule has 5 aromatic rings. The Hall–Kier alpha value is -5.25. The molecule has 0 bridgehead atoms. The minimum absolute atomic E-state index is 0.0299. The number of carbonyl (C=O) groups excluding carboxylic acids is 2. The monoisotopic (exact) mass is 656 g/mol. The molecule has 4 atom stereocenters. The lowest BCUT2D eigenvalue weighted by Gasteiger charge is -2.46. The molecule has 0 radical (unpaired) electrons. The van der Waals surface area contributed by atoms with E-state index in [-0.39, 0.29) is 31.1 Å². The van der Waals surface area contributed by atoms with Crippen LogP contribution in [0.5, 0.6) is 5.75 Å². The van der Waals surface area contributed by atoms with Crippen LogP contribution in [0.15, 0.2) is 102 Å². The third-order valence-electron chi connectivity index (χ3n) is 9.74. The number of hydrazine groups is 1. The molecule has 3 saturated heterocycles. The number of rotatable bonds is 11. The van der Waals surface area contributed by atoms with Crippen molar-refractivity contribution in [3.63, 3.8) is 0 Å². The van der Waals surface area contributed by atoms with Gasteiger partial charge in [0.25, 0.3) is 0 Å². The molecule has 2 unspecified atom stereocenters. The van der Waals surface area contributed by atoms with Gasteiger partial charge in [0, 0.05) is 24.9 Å². The first kappa shape index (κ1) is 31.0. The second-order valence-corrected chi connectivity index (χ2v) is 12.7. The van der Waals surface area contributed by atoms with Gasteiger partial charge < -0.3 is 23.7 Å². The fourth-order valence-electron chi connectivity index (χ4n) is 7.25. The van der Waals surface area contributed by atoms with Gasteiger partial charge in [-0.1, -0.05) is 60.7 Å². The summed E-state index contributed by atoms with van der Waals surface area (Å²) in [6.07, 6.45) is 0.771. The SMILES string of the molecule is COc1ccc(CNC2OC2N(CC#N)N2CC(=O)N3[C@@H](Cc4ccc5occc5c4)C(=O)N(Cc4cccc5ccccc45)C[C@@H]32)cc1. The van der Waals surface area contributed by atoms with Crippen LogP contribution in [-0.4, -0.2) is 83.0 Å². The van der Waals surface area contributed by atoms with Crippen LogP contribution in [0.25, 0.3) is 21.7 Å². The van der Waals surface area contributed by atoms with E-state index in [0.717, 1.165) is 44.2 Å². The second-order valence-electron chi connectivity index (χ2n) is 12.7. The number of piperazine rings is 1. The summed E-state index contributed by atoms with van der Waals surface area (Å²) in [5.41, 5.74) is 3.81. The van der Waals surface area contributed by atoms with E-state index in [0.29, 0.717) is 26.1 Å². The molecule has 4 aromatic carbocycles. The first-order valence-corrected chi connectivity index (χ1v) is 16.5. The zero-order valence-electron chi connectivity index (χ0n) is 27.1. The summed E-state index contributed by atoms with van der Waals surface area (Å²) >= 11 is 0. The summed E-state index contributed by atoms with van der Waals surface area (Å²) in [7, 11) is 1.64. The standard InChI is InChI=1S/C38H36N6O5/c1-47-30-12-9-25(10-13-30)21-40-36-38(49-36)42(17-16-39)43-24-35(45)44-32(20-26-11-14-33-28(19-26)15-18-48-33)37(46)41(23-34(43)44)22-29-7-4-6-27-5-2-3-8-31(27)29/h2-15,18-19,32,34,36,38,40H,17,20-24H2,1H3/t32-,34+,36?,38?/m0/s1. The van der Waals surface area contributed by atoms with Crippen molar-refractivity contribution in [3.05, 3.63) is 114 Å². The van der Waals surface area contributed by atoms with Crippen LogP contribution in [-0.2, 0) is 33.8 Å². The minimum atomic E-state index is -0.719. The van der Waals surface area contributed by atoms with Gasteiger partial charge in [-0.2, -0.15) is 10.3 Å². The summed E-state index contributed by atoms with van der Waals surface area (Å²) in [5, 5.41) is 20.2. The second kappa shape index (κ2) is 13.0. The highest BCUT2D eigenvalue weighted by atomic mass is 16.6. The molecule has 3 aliphatic rings. The van der Waals surface area contributed by atoms with Crippen molar-refractivity contribution < 1.29 is 23.5 Å². The van der Waals surface area contributed by atoms with E-state index in [4.69, 9.17) is 13.9 Å². The summed E-state index contributed by atoms with van der Waals surface area (Å²) in [6, 6.07) is 31.4. The fraction of sp³-hybridized carbons (Fsp3) is 0.289. The van der Waals surface area contributed by atoms with Crippen LogP contribution < -0.4 is 10.1 Å². The Labute approximate surface area is 283 Å². The largest absolute Gasteiger partial charge is 0.497 e. The molecule has 0 saturated carbocycles. The van der Waals surface area contributed by atoms with Crippen LogP contribution in [0.1, 0.15) is 16.7 Å². The number of amides is 2. The van der Waals surface area contributed by atoms with Crippen LogP contribution in [0, 0.1) is 11.3 Å². The number of ether oxygens (including phenoxy) is 2. The molecule has 11 nitrogen and oxygen atoms in total. The predicted molar refractivity (Wildman–Crippen MR) is 181 cm³/mol. The number of carbonyl (C=O) groups is 2. The topological polar surface area (TPSA) is 118 Å². The third kappa shape index (κ3) is 6.00. The Morgan fingerprint density at radius 3 is 2.63 bits per heavy atom. The highest BCUT2D eigenvalue weighted by molar-refractivity contribution is 5.92. The summed E-state index contributed by atoms with van der Waals surface area (Å²) in [5.74, 6) is 0.539. The lowest BCUT2D eigenvalue weighted by molar-refractivity contribution is -0.161. The average Bonchev–Trinajstić information content (AvgIpc) is 3.61. The quantitative estimate of drug-likeness (QED) is 0.165. The minimum Gasteiger partial charge on any atom is -0.497 e. The lowest BCUT2D eigenvalue weighted by atomic mass is 9.98. The predicted octanol–water partition coefficient (Wildman–Crippen LogP) is 4.23. The zero-order chi connectivity index (χ0) is 33.5. The first-order chi connectivity index (χ1) is 24.0. The number of benzene rings is 4. The van der Waals surface area contributed by atoms with Gasteiger partial charge in [-0.05, 0) is 57.8 Å². The zero-order valence-corrected chi connectivity index (χ0v) is 27.1. The van der Waals surface area contributed by atoms with E-state index in [1.807, 2.05) is 81.6 Å². The Bertz CT molecular complexity index is 2050.